The lowest BCUT2D eigenvalue weighted by Crippen LogP contribution is -2.25. The van der Waals surface area contributed by atoms with Crippen molar-refractivity contribution in [1.29, 1.82) is 0 Å². The molecule has 3 N–H and O–H groups in total. The highest BCUT2D eigenvalue weighted by Crippen LogP contribution is 2.14. The fourth-order valence-corrected chi connectivity index (χ4v) is 1.52. The Bertz CT molecular complexity index is 664. The van der Waals surface area contributed by atoms with Gasteiger partial charge in [-0.15, -0.1) is 0 Å². The third kappa shape index (κ3) is 2.18. The van der Waals surface area contributed by atoms with E-state index in [4.69, 9.17) is 17.3 Å². The highest BCUT2D eigenvalue weighted by Gasteiger charge is 2.13. The lowest BCUT2D eigenvalue weighted by Gasteiger charge is -2.06. The molecular weight excluding hydrogens is 258 g/mol. The van der Waals surface area contributed by atoms with E-state index in [1.807, 2.05) is 0 Å². The molecule has 0 fully saturated rings. The van der Waals surface area contributed by atoms with Crippen LogP contribution in [0.15, 0.2) is 35.1 Å². The van der Waals surface area contributed by atoms with Crippen LogP contribution in [0.4, 0.5) is 0 Å². The lowest BCUT2D eigenvalue weighted by atomic mass is 10.3. The number of carbonyl (C=O) groups excluding carboxylic acids is 1. The van der Waals surface area contributed by atoms with Crippen LogP contribution >= 0.6 is 11.6 Å². The van der Waals surface area contributed by atoms with Gasteiger partial charge in [0.15, 0.2) is 11.4 Å². The maximum atomic E-state index is 11.7. The third-order valence-corrected chi connectivity index (χ3v) is 2.47. The number of aromatic hydroxyl groups is 1. The molecule has 0 saturated heterocycles. The van der Waals surface area contributed by atoms with Crippen molar-refractivity contribution in [3.63, 3.8) is 0 Å². The van der Waals surface area contributed by atoms with E-state index in [0.717, 1.165) is 10.7 Å². The number of rotatable bonds is 2. The molecule has 1 aromatic carbocycles. The smallest absolute Gasteiger partial charge is 0.275 e. The number of nitrogens with zero attached hydrogens (tertiary/aromatic N) is 2. The fourth-order valence-electron chi connectivity index (χ4n) is 1.39. The first-order valence-electron chi connectivity index (χ1n) is 4.88. The Kier molecular flexibility index (Phi) is 3.03. The number of hydrogen-bond acceptors (Lipinski definition) is 4. The number of nitrogens with two attached hydrogens (primary N) is 1. The number of carbonyl (C=O) groups is 1. The van der Waals surface area contributed by atoms with Crippen molar-refractivity contribution in [3.05, 3.63) is 51.4 Å². The van der Waals surface area contributed by atoms with Crippen molar-refractivity contribution < 1.29 is 9.90 Å². The molecule has 0 aliphatic heterocycles. The average molecular weight is 266 g/mol. The van der Waals surface area contributed by atoms with Gasteiger partial charge in [-0.05, 0) is 24.3 Å². The molecule has 0 radical (unpaired) electrons. The second-order valence-corrected chi connectivity index (χ2v) is 3.91. The highest BCUT2D eigenvalue weighted by atomic mass is 35.5. The fraction of sp³-hybridized carbons (Fsp3) is 0. The first kappa shape index (κ1) is 12.1. The predicted molar refractivity (Wildman–Crippen MR) is 65.0 cm³/mol. The van der Waals surface area contributed by atoms with Gasteiger partial charge in [-0.25, -0.2) is 0 Å². The van der Waals surface area contributed by atoms with Crippen LogP contribution in [0, 0.1) is 0 Å². The van der Waals surface area contributed by atoms with Crippen molar-refractivity contribution >= 4 is 17.5 Å². The van der Waals surface area contributed by atoms with Crippen molar-refractivity contribution in [1.82, 2.24) is 9.78 Å². The van der Waals surface area contributed by atoms with Gasteiger partial charge in [0.1, 0.15) is 0 Å². The van der Waals surface area contributed by atoms with E-state index in [0.29, 0.717) is 10.7 Å². The van der Waals surface area contributed by atoms with Gasteiger partial charge >= 0.3 is 0 Å². The molecule has 7 heteroatoms. The van der Waals surface area contributed by atoms with Crippen LogP contribution in [0.25, 0.3) is 5.69 Å². The molecule has 0 aliphatic carbocycles. The summed E-state index contributed by atoms with van der Waals surface area (Å²) in [6, 6.07) is 7.13. The molecule has 18 heavy (non-hydrogen) atoms. The first-order chi connectivity index (χ1) is 8.49. The molecule has 0 bridgehead atoms. The van der Waals surface area contributed by atoms with Gasteiger partial charge in [0.2, 0.25) is 0 Å². The second-order valence-electron chi connectivity index (χ2n) is 3.47. The Morgan fingerprint density at radius 1 is 1.33 bits per heavy atom. The van der Waals surface area contributed by atoms with Crippen molar-refractivity contribution in [3.8, 4) is 11.4 Å². The minimum Gasteiger partial charge on any atom is -0.505 e. The van der Waals surface area contributed by atoms with Crippen LogP contribution in [-0.2, 0) is 0 Å². The minimum absolute atomic E-state index is 0.371. The molecule has 0 spiro atoms. The Labute approximate surface area is 106 Å². The molecule has 92 valence electrons. The topological polar surface area (TPSA) is 98.2 Å². The average Bonchev–Trinajstić information content (AvgIpc) is 2.30. The maximum Gasteiger partial charge on any atom is 0.275 e. The Morgan fingerprint density at radius 3 is 2.50 bits per heavy atom. The van der Waals surface area contributed by atoms with Crippen LogP contribution in [0.2, 0.25) is 5.02 Å². The molecule has 1 aromatic heterocycles. The van der Waals surface area contributed by atoms with E-state index in [2.05, 4.69) is 5.10 Å². The largest absolute Gasteiger partial charge is 0.505 e. The predicted octanol–water partition coefficient (Wildman–Crippen LogP) is 0.690. The van der Waals surface area contributed by atoms with Gasteiger partial charge in [-0.1, -0.05) is 11.6 Å². The summed E-state index contributed by atoms with van der Waals surface area (Å²) in [6.45, 7) is 0. The molecule has 6 nitrogen and oxygen atoms in total. The summed E-state index contributed by atoms with van der Waals surface area (Å²) in [6.07, 6.45) is 0. The van der Waals surface area contributed by atoms with Crippen molar-refractivity contribution in [2.45, 2.75) is 0 Å². The highest BCUT2D eigenvalue weighted by molar-refractivity contribution is 6.30. The standard InChI is InChI=1S/C11H8ClN3O3/c12-6-1-3-7(4-2-6)15-9(17)5-8(16)10(14-15)11(13)18/h1-5,16H,(H2,13,18). The summed E-state index contributed by atoms with van der Waals surface area (Å²) in [5.74, 6) is -1.46. The summed E-state index contributed by atoms with van der Waals surface area (Å²) < 4.78 is 0.955. The molecule has 2 rings (SSSR count). The second kappa shape index (κ2) is 4.50. The van der Waals surface area contributed by atoms with Crippen molar-refractivity contribution in [2.24, 2.45) is 5.73 Å². The normalized spacial score (nSPS) is 10.3. The summed E-state index contributed by atoms with van der Waals surface area (Å²) in [4.78, 5) is 22.7. The van der Waals surface area contributed by atoms with E-state index in [-0.39, 0.29) is 5.69 Å². The van der Waals surface area contributed by atoms with Crippen LogP contribution in [0.5, 0.6) is 5.75 Å². The van der Waals surface area contributed by atoms with Gasteiger partial charge in [-0.2, -0.15) is 9.78 Å². The van der Waals surface area contributed by atoms with E-state index in [1.165, 1.54) is 0 Å². The molecule has 2 aromatic rings. The Hall–Kier alpha value is -2.34. The molecule has 0 atom stereocenters. The number of primary amides is 1. The van der Waals surface area contributed by atoms with Crippen LogP contribution in [0.3, 0.4) is 0 Å². The van der Waals surface area contributed by atoms with E-state index in [9.17, 15) is 14.7 Å². The van der Waals surface area contributed by atoms with Crippen LogP contribution in [-0.4, -0.2) is 20.8 Å². The zero-order valence-corrected chi connectivity index (χ0v) is 9.76. The number of amides is 1. The van der Waals surface area contributed by atoms with E-state index < -0.39 is 17.2 Å². The first-order valence-corrected chi connectivity index (χ1v) is 5.26. The number of aromatic nitrogens is 2. The quantitative estimate of drug-likeness (QED) is 0.835. The van der Waals surface area contributed by atoms with Crippen LogP contribution < -0.4 is 11.3 Å². The van der Waals surface area contributed by atoms with Gasteiger partial charge < -0.3 is 10.8 Å². The minimum atomic E-state index is -0.921. The molecule has 0 aliphatic rings. The SMILES string of the molecule is NC(=O)c1nn(-c2ccc(Cl)cc2)c(=O)cc1O. The van der Waals surface area contributed by atoms with E-state index in [1.54, 1.807) is 24.3 Å². The number of halogens is 1. The summed E-state index contributed by atoms with van der Waals surface area (Å²) in [5, 5.41) is 13.6. The molecule has 1 amide bonds. The zero-order chi connectivity index (χ0) is 13.3. The number of benzene rings is 1. The molecule has 1 heterocycles. The van der Waals surface area contributed by atoms with Gasteiger partial charge in [-0.3, -0.25) is 9.59 Å². The molecule has 0 saturated carbocycles. The van der Waals surface area contributed by atoms with Gasteiger partial charge in [0.05, 0.1) is 5.69 Å². The Balaban J connectivity index is 2.64. The molecule has 0 unspecified atom stereocenters. The van der Waals surface area contributed by atoms with Crippen molar-refractivity contribution in [2.75, 3.05) is 0 Å². The zero-order valence-electron chi connectivity index (χ0n) is 9.00. The molecular formula is C11H8ClN3O3. The third-order valence-electron chi connectivity index (χ3n) is 2.22. The number of hydrogen-bond donors (Lipinski definition) is 2. The van der Waals surface area contributed by atoms with Crippen LogP contribution in [0.1, 0.15) is 10.5 Å². The summed E-state index contributed by atoms with van der Waals surface area (Å²) in [5.41, 5.74) is 4.49. The monoisotopic (exact) mass is 265 g/mol. The lowest BCUT2D eigenvalue weighted by molar-refractivity contribution is 0.0991. The van der Waals surface area contributed by atoms with E-state index >= 15 is 0 Å². The maximum absolute atomic E-state index is 11.7. The summed E-state index contributed by atoms with van der Waals surface area (Å²) >= 11 is 5.72. The summed E-state index contributed by atoms with van der Waals surface area (Å²) in [7, 11) is 0. The Morgan fingerprint density at radius 2 is 1.94 bits per heavy atom. The van der Waals surface area contributed by atoms with Gasteiger partial charge in [0.25, 0.3) is 11.5 Å². The van der Waals surface area contributed by atoms with Gasteiger partial charge in [0, 0.05) is 11.1 Å².